The normalized spacial score (nSPS) is 11.1. The van der Waals surface area contributed by atoms with E-state index in [0.717, 1.165) is 22.4 Å². The SMILES string of the molecule is Cc1cc(N(C)C)ccc1C(=O)Nc1cc(-c2ccccc2)ccc1C(=O)OC(C)(C)C. The zero-order chi connectivity index (χ0) is 23.5. The predicted octanol–water partition coefficient (Wildman–Crippen LogP) is 5.94. The molecule has 0 saturated heterocycles. The van der Waals surface area contributed by atoms with Gasteiger partial charge < -0.3 is 15.0 Å². The van der Waals surface area contributed by atoms with Crippen LogP contribution in [0.1, 0.15) is 47.1 Å². The van der Waals surface area contributed by atoms with E-state index in [1.807, 2.05) is 101 Å². The highest BCUT2D eigenvalue weighted by Gasteiger charge is 2.22. The summed E-state index contributed by atoms with van der Waals surface area (Å²) in [6, 6.07) is 20.9. The Balaban J connectivity index is 2.00. The van der Waals surface area contributed by atoms with Crippen LogP contribution in [0.3, 0.4) is 0 Å². The quantitative estimate of drug-likeness (QED) is 0.509. The first-order valence-corrected chi connectivity index (χ1v) is 10.6. The minimum Gasteiger partial charge on any atom is -0.456 e. The summed E-state index contributed by atoms with van der Waals surface area (Å²) in [6.07, 6.45) is 0. The van der Waals surface area contributed by atoms with E-state index < -0.39 is 11.6 Å². The molecule has 0 aliphatic rings. The maximum atomic E-state index is 13.1. The molecule has 3 rings (SSSR count). The molecule has 0 aliphatic heterocycles. The molecule has 32 heavy (non-hydrogen) atoms. The van der Waals surface area contributed by atoms with Gasteiger partial charge in [0.2, 0.25) is 0 Å². The van der Waals surface area contributed by atoms with Gasteiger partial charge in [-0.15, -0.1) is 0 Å². The molecule has 1 N–H and O–H groups in total. The van der Waals surface area contributed by atoms with Crippen LogP contribution < -0.4 is 10.2 Å². The zero-order valence-electron chi connectivity index (χ0n) is 19.5. The van der Waals surface area contributed by atoms with Crippen LogP contribution in [-0.2, 0) is 4.74 Å². The van der Waals surface area contributed by atoms with Gasteiger partial charge in [-0.3, -0.25) is 4.79 Å². The van der Waals surface area contributed by atoms with Crippen molar-refractivity contribution in [3.63, 3.8) is 0 Å². The molecule has 3 aromatic carbocycles. The number of amides is 1. The topological polar surface area (TPSA) is 58.6 Å². The number of nitrogens with one attached hydrogen (secondary N) is 1. The Bertz CT molecular complexity index is 1130. The second-order valence-electron chi connectivity index (χ2n) is 8.98. The number of hydrogen-bond acceptors (Lipinski definition) is 4. The lowest BCUT2D eigenvalue weighted by atomic mass is 10.0. The number of esters is 1. The molecule has 1 amide bonds. The molecular weight excluding hydrogens is 400 g/mol. The Kier molecular flexibility index (Phi) is 6.68. The average molecular weight is 431 g/mol. The summed E-state index contributed by atoms with van der Waals surface area (Å²) in [6.45, 7) is 7.35. The highest BCUT2D eigenvalue weighted by Crippen LogP contribution is 2.28. The molecule has 0 aliphatic carbocycles. The Morgan fingerprint density at radius 1 is 0.844 bits per heavy atom. The van der Waals surface area contributed by atoms with E-state index >= 15 is 0 Å². The zero-order valence-corrected chi connectivity index (χ0v) is 19.5. The minimum absolute atomic E-state index is 0.275. The molecule has 166 valence electrons. The molecular formula is C27H30N2O3. The van der Waals surface area contributed by atoms with Crippen molar-refractivity contribution in [1.82, 2.24) is 0 Å². The first kappa shape index (κ1) is 23.1. The molecule has 0 saturated carbocycles. The Hall–Kier alpha value is -3.60. The van der Waals surface area contributed by atoms with Crippen molar-refractivity contribution in [2.24, 2.45) is 0 Å². The van der Waals surface area contributed by atoms with Gasteiger partial charge in [-0.2, -0.15) is 0 Å². The van der Waals surface area contributed by atoms with E-state index in [4.69, 9.17) is 4.74 Å². The van der Waals surface area contributed by atoms with Gasteiger partial charge >= 0.3 is 5.97 Å². The van der Waals surface area contributed by atoms with Gasteiger partial charge in [0.05, 0.1) is 11.3 Å². The van der Waals surface area contributed by atoms with Crippen LogP contribution in [0.4, 0.5) is 11.4 Å². The molecule has 5 heteroatoms. The van der Waals surface area contributed by atoms with Crippen LogP contribution in [-0.4, -0.2) is 31.6 Å². The second kappa shape index (κ2) is 9.27. The van der Waals surface area contributed by atoms with Crippen molar-refractivity contribution < 1.29 is 14.3 Å². The molecule has 0 aromatic heterocycles. The molecule has 0 unspecified atom stereocenters. The number of anilines is 2. The van der Waals surface area contributed by atoms with Gasteiger partial charge in [0.25, 0.3) is 5.91 Å². The average Bonchev–Trinajstić information content (AvgIpc) is 2.72. The third-order valence-corrected chi connectivity index (χ3v) is 4.96. The molecule has 0 spiro atoms. The molecule has 3 aromatic rings. The van der Waals surface area contributed by atoms with Gasteiger partial charge in [0, 0.05) is 25.3 Å². The van der Waals surface area contributed by atoms with Gasteiger partial charge in [-0.05, 0) is 74.7 Å². The summed E-state index contributed by atoms with van der Waals surface area (Å²) in [7, 11) is 3.91. The number of nitrogens with zero attached hydrogens (tertiary/aromatic N) is 1. The number of hydrogen-bond donors (Lipinski definition) is 1. The number of carbonyl (C=O) groups is 2. The predicted molar refractivity (Wildman–Crippen MR) is 131 cm³/mol. The summed E-state index contributed by atoms with van der Waals surface area (Å²) >= 11 is 0. The van der Waals surface area contributed by atoms with Gasteiger partial charge in [0.1, 0.15) is 5.60 Å². The van der Waals surface area contributed by atoms with Gasteiger partial charge in [0.15, 0.2) is 0 Å². The molecule has 0 bridgehead atoms. The maximum absolute atomic E-state index is 13.1. The fourth-order valence-corrected chi connectivity index (χ4v) is 3.34. The standard InChI is InChI=1S/C27H30N2O3/c1-18-16-21(29(5)6)13-15-22(18)25(30)28-24-17-20(19-10-8-7-9-11-19)12-14-23(24)26(31)32-27(2,3)4/h7-17H,1-6H3,(H,28,30). The third kappa shape index (κ3) is 5.55. The highest BCUT2D eigenvalue weighted by molar-refractivity contribution is 6.09. The van der Waals surface area contributed by atoms with E-state index in [1.54, 1.807) is 12.1 Å². The number of carbonyl (C=O) groups excluding carboxylic acids is 2. The molecule has 0 radical (unpaired) electrons. The smallest absolute Gasteiger partial charge is 0.340 e. The maximum Gasteiger partial charge on any atom is 0.340 e. The van der Waals surface area contributed by atoms with E-state index in [-0.39, 0.29) is 5.91 Å². The van der Waals surface area contributed by atoms with E-state index in [1.165, 1.54) is 0 Å². The van der Waals surface area contributed by atoms with Crippen molar-refractivity contribution in [2.45, 2.75) is 33.3 Å². The largest absolute Gasteiger partial charge is 0.456 e. The molecule has 5 nitrogen and oxygen atoms in total. The highest BCUT2D eigenvalue weighted by atomic mass is 16.6. The summed E-state index contributed by atoms with van der Waals surface area (Å²) in [5, 5.41) is 2.94. The number of aryl methyl sites for hydroxylation is 1. The van der Waals surface area contributed by atoms with Crippen molar-refractivity contribution in [3.8, 4) is 11.1 Å². The van der Waals surface area contributed by atoms with Crippen LogP contribution in [0.2, 0.25) is 0 Å². The minimum atomic E-state index is -0.644. The van der Waals surface area contributed by atoms with Crippen LogP contribution in [0.5, 0.6) is 0 Å². The van der Waals surface area contributed by atoms with Crippen molar-refractivity contribution in [2.75, 3.05) is 24.3 Å². The molecule has 0 fully saturated rings. The van der Waals surface area contributed by atoms with Crippen LogP contribution in [0, 0.1) is 6.92 Å². The van der Waals surface area contributed by atoms with Crippen molar-refractivity contribution >= 4 is 23.3 Å². The van der Waals surface area contributed by atoms with Crippen molar-refractivity contribution in [1.29, 1.82) is 0 Å². The number of benzene rings is 3. The lowest BCUT2D eigenvalue weighted by molar-refractivity contribution is 0.00708. The third-order valence-electron chi connectivity index (χ3n) is 4.96. The van der Waals surface area contributed by atoms with Crippen molar-refractivity contribution in [3.05, 3.63) is 83.4 Å². The Morgan fingerprint density at radius 2 is 1.50 bits per heavy atom. The summed E-state index contributed by atoms with van der Waals surface area (Å²) in [5.41, 5.74) is 4.40. The fraction of sp³-hybridized carbons (Fsp3) is 0.259. The summed E-state index contributed by atoms with van der Waals surface area (Å²) in [5.74, 6) is -0.755. The first-order chi connectivity index (χ1) is 15.0. The van der Waals surface area contributed by atoms with Gasteiger partial charge in [-0.1, -0.05) is 36.4 Å². The lowest BCUT2D eigenvalue weighted by Gasteiger charge is -2.21. The second-order valence-corrected chi connectivity index (χ2v) is 8.98. The lowest BCUT2D eigenvalue weighted by Crippen LogP contribution is -2.25. The Labute approximate surface area is 190 Å². The summed E-state index contributed by atoms with van der Waals surface area (Å²) in [4.78, 5) is 28.0. The molecule has 0 heterocycles. The monoisotopic (exact) mass is 430 g/mol. The Morgan fingerprint density at radius 3 is 2.09 bits per heavy atom. The molecule has 0 atom stereocenters. The number of ether oxygens (including phenoxy) is 1. The van der Waals surface area contributed by atoms with E-state index in [2.05, 4.69) is 5.32 Å². The number of rotatable bonds is 5. The van der Waals surface area contributed by atoms with Crippen LogP contribution >= 0.6 is 0 Å². The van der Waals surface area contributed by atoms with E-state index in [0.29, 0.717) is 16.8 Å². The fourth-order valence-electron chi connectivity index (χ4n) is 3.34. The summed E-state index contributed by atoms with van der Waals surface area (Å²) < 4.78 is 5.57. The van der Waals surface area contributed by atoms with E-state index in [9.17, 15) is 9.59 Å². The van der Waals surface area contributed by atoms with Crippen LogP contribution in [0.25, 0.3) is 11.1 Å². The van der Waals surface area contributed by atoms with Gasteiger partial charge in [-0.25, -0.2) is 4.79 Å². The first-order valence-electron chi connectivity index (χ1n) is 10.6. The van der Waals surface area contributed by atoms with Crippen LogP contribution in [0.15, 0.2) is 66.7 Å².